The van der Waals surface area contributed by atoms with Crippen molar-refractivity contribution in [2.75, 3.05) is 13.1 Å². The minimum Gasteiger partial charge on any atom is -0.480 e. The standard InChI is InChI=1S/C16H26N4O3/c1-5-20(9-15(21)22)12-6-11(7-12)17-16(23)14-8-13(10(2)3)18-19(14)4/h8,10-12H,5-7,9H2,1-4H3,(H,17,23)(H,21,22). The quantitative estimate of drug-likeness (QED) is 0.788. The first-order valence-corrected chi connectivity index (χ1v) is 8.12. The molecule has 1 aliphatic rings. The number of aromatic nitrogens is 2. The number of carboxylic acid groups (broad SMARTS) is 1. The highest BCUT2D eigenvalue weighted by atomic mass is 16.4. The van der Waals surface area contributed by atoms with Crippen LogP contribution in [0.15, 0.2) is 6.07 Å². The second kappa shape index (κ2) is 7.12. The monoisotopic (exact) mass is 322 g/mol. The Morgan fingerprint density at radius 2 is 2.13 bits per heavy atom. The van der Waals surface area contributed by atoms with Crippen LogP contribution in [0.2, 0.25) is 0 Å². The average molecular weight is 322 g/mol. The Bertz CT molecular complexity index is 576. The number of likely N-dealkylation sites (N-methyl/N-ethyl adjacent to an activating group) is 1. The van der Waals surface area contributed by atoms with Crippen LogP contribution in [0.25, 0.3) is 0 Å². The molecule has 1 fully saturated rings. The van der Waals surface area contributed by atoms with Crippen molar-refractivity contribution in [1.82, 2.24) is 20.0 Å². The molecule has 0 radical (unpaired) electrons. The van der Waals surface area contributed by atoms with E-state index < -0.39 is 5.97 Å². The molecule has 2 rings (SSSR count). The van der Waals surface area contributed by atoms with Gasteiger partial charge in [0.15, 0.2) is 0 Å². The molecule has 7 heteroatoms. The molecule has 0 bridgehead atoms. The zero-order valence-corrected chi connectivity index (χ0v) is 14.2. The highest BCUT2D eigenvalue weighted by molar-refractivity contribution is 5.93. The van der Waals surface area contributed by atoms with Crippen molar-refractivity contribution in [3.05, 3.63) is 17.5 Å². The van der Waals surface area contributed by atoms with E-state index in [9.17, 15) is 9.59 Å². The van der Waals surface area contributed by atoms with Crippen molar-refractivity contribution >= 4 is 11.9 Å². The Hall–Kier alpha value is -1.89. The summed E-state index contributed by atoms with van der Waals surface area (Å²) in [7, 11) is 1.77. The molecule has 1 aliphatic carbocycles. The van der Waals surface area contributed by atoms with Gasteiger partial charge in [-0.05, 0) is 31.4 Å². The number of nitrogens with one attached hydrogen (secondary N) is 1. The van der Waals surface area contributed by atoms with Crippen molar-refractivity contribution in [2.45, 2.75) is 51.6 Å². The van der Waals surface area contributed by atoms with E-state index in [2.05, 4.69) is 10.4 Å². The van der Waals surface area contributed by atoms with Gasteiger partial charge in [0.1, 0.15) is 5.69 Å². The van der Waals surface area contributed by atoms with E-state index in [1.165, 1.54) is 0 Å². The average Bonchev–Trinajstić information content (AvgIpc) is 2.82. The Labute approximate surface area is 136 Å². The molecule has 1 heterocycles. The molecular formula is C16H26N4O3. The number of hydrogen-bond acceptors (Lipinski definition) is 4. The molecular weight excluding hydrogens is 296 g/mol. The molecule has 128 valence electrons. The van der Waals surface area contributed by atoms with Crippen molar-refractivity contribution in [1.29, 1.82) is 0 Å². The van der Waals surface area contributed by atoms with Crippen LogP contribution in [0, 0.1) is 0 Å². The number of amides is 1. The molecule has 1 aromatic rings. The second-order valence-electron chi connectivity index (χ2n) is 6.49. The van der Waals surface area contributed by atoms with E-state index in [0.29, 0.717) is 12.2 Å². The van der Waals surface area contributed by atoms with Gasteiger partial charge in [0.2, 0.25) is 0 Å². The smallest absolute Gasteiger partial charge is 0.317 e. The van der Waals surface area contributed by atoms with E-state index in [1.54, 1.807) is 11.7 Å². The van der Waals surface area contributed by atoms with Gasteiger partial charge in [-0.1, -0.05) is 20.8 Å². The van der Waals surface area contributed by atoms with Gasteiger partial charge in [-0.15, -0.1) is 0 Å². The summed E-state index contributed by atoms with van der Waals surface area (Å²) in [5.41, 5.74) is 1.47. The highest BCUT2D eigenvalue weighted by Gasteiger charge is 2.35. The zero-order valence-electron chi connectivity index (χ0n) is 14.2. The molecule has 0 aromatic carbocycles. The van der Waals surface area contributed by atoms with Gasteiger partial charge in [0, 0.05) is 19.1 Å². The van der Waals surface area contributed by atoms with Crippen LogP contribution in [-0.4, -0.2) is 56.8 Å². The summed E-state index contributed by atoms with van der Waals surface area (Å²) in [5, 5.41) is 16.3. The largest absolute Gasteiger partial charge is 0.480 e. The number of aliphatic carboxylic acids is 1. The topological polar surface area (TPSA) is 87.5 Å². The number of hydrogen-bond donors (Lipinski definition) is 2. The Morgan fingerprint density at radius 3 is 2.61 bits per heavy atom. The minimum atomic E-state index is -0.810. The molecule has 2 N–H and O–H groups in total. The molecule has 23 heavy (non-hydrogen) atoms. The lowest BCUT2D eigenvalue weighted by molar-refractivity contribution is -0.139. The van der Waals surface area contributed by atoms with Crippen LogP contribution in [0.5, 0.6) is 0 Å². The number of nitrogens with zero attached hydrogens (tertiary/aromatic N) is 3. The highest BCUT2D eigenvalue weighted by Crippen LogP contribution is 2.26. The molecule has 1 aromatic heterocycles. The first-order valence-electron chi connectivity index (χ1n) is 8.12. The van der Waals surface area contributed by atoms with Gasteiger partial charge >= 0.3 is 5.97 Å². The van der Waals surface area contributed by atoms with Crippen LogP contribution in [0.4, 0.5) is 0 Å². The first kappa shape index (κ1) is 17.5. The SMILES string of the molecule is CCN(CC(=O)O)C1CC(NC(=O)c2cc(C(C)C)nn2C)C1. The maximum absolute atomic E-state index is 12.3. The van der Waals surface area contributed by atoms with E-state index in [4.69, 9.17) is 5.11 Å². The summed E-state index contributed by atoms with van der Waals surface area (Å²) in [6.07, 6.45) is 1.59. The van der Waals surface area contributed by atoms with Crippen LogP contribution >= 0.6 is 0 Å². The molecule has 0 saturated heterocycles. The molecule has 1 saturated carbocycles. The predicted octanol–water partition coefficient (Wildman–Crippen LogP) is 1.21. The van der Waals surface area contributed by atoms with Crippen LogP contribution in [-0.2, 0) is 11.8 Å². The molecule has 0 spiro atoms. The Balaban J connectivity index is 1.88. The fourth-order valence-corrected chi connectivity index (χ4v) is 2.92. The van der Waals surface area contributed by atoms with Crippen LogP contribution < -0.4 is 5.32 Å². The van der Waals surface area contributed by atoms with E-state index >= 15 is 0 Å². The third-order valence-electron chi connectivity index (χ3n) is 4.43. The number of rotatable bonds is 7. The summed E-state index contributed by atoms with van der Waals surface area (Å²) in [5.74, 6) is -0.642. The lowest BCUT2D eigenvalue weighted by Crippen LogP contribution is -2.55. The molecule has 1 amide bonds. The minimum absolute atomic E-state index is 0.0569. The lowest BCUT2D eigenvalue weighted by Gasteiger charge is -2.42. The zero-order chi connectivity index (χ0) is 17.1. The molecule has 0 atom stereocenters. The Kier molecular flexibility index (Phi) is 5.41. The number of aryl methyl sites for hydroxylation is 1. The van der Waals surface area contributed by atoms with Gasteiger partial charge in [0.25, 0.3) is 5.91 Å². The van der Waals surface area contributed by atoms with Gasteiger partial charge in [-0.2, -0.15) is 5.10 Å². The summed E-state index contributed by atoms with van der Waals surface area (Å²) >= 11 is 0. The summed E-state index contributed by atoms with van der Waals surface area (Å²) in [4.78, 5) is 25.1. The second-order valence-corrected chi connectivity index (χ2v) is 6.49. The van der Waals surface area contributed by atoms with Crippen molar-refractivity contribution in [3.8, 4) is 0 Å². The van der Waals surface area contributed by atoms with Crippen molar-refractivity contribution in [2.24, 2.45) is 7.05 Å². The summed E-state index contributed by atoms with van der Waals surface area (Å²) in [6, 6.07) is 2.17. The first-order chi connectivity index (χ1) is 10.8. The Morgan fingerprint density at radius 1 is 1.48 bits per heavy atom. The van der Waals surface area contributed by atoms with Gasteiger partial charge in [-0.3, -0.25) is 19.2 Å². The lowest BCUT2D eigenvalue weighted by atomic mass is 9.85. The summed E-state index contributed by atoms with van der Waals surface area (Å²) < 4.78 is 1.61. The van der Waals surface area contributed by atoms with Gasteiger partial charge in [-0.25, -0.2) is 0 Å². The predicted molar refractivity (Wildman–Crippen MR) is 86.5 cm³/mol. The third kappa shape index (κ3) is 4.10. The van der Waals surface area contributed by atoms with E-state index in [-0.39, 0.29) is 30.5 Å². The molecule has 0 aliphatic heterocycles. The molecule has 7 nitrogen and oxygen atoms in total. The third-order valence-corrected chi connectivity index (χ3v) is 4.43. The summed E-state index contributed by atoms with van der Waals surface area (Å²) in [6.45, 7) is 6.81. The number of carbonyl (C=O) groups is 2. The number of carbonyl (C=O) groups excluding carboxylic acids is 1. The van der Waals surface area contributed by atoms with Crippen LogP contribution in [0.3, 0.4) is 0 Å². The van der Waals surface area contributed by atoms with Crippen molar-refractivity contribution < 1.29 is 14.7 Å². The van der Waals surface area contributed by atoms with Gasteiger partial charge in [0.05, 0.1) is 12.2 Å². The number of carboxylic acids is 1. The van der Waals surface area contributed by atoms with Crippen LogP contribution in [0.1, 0.15) is 55.7 Å². The van der Waals surface area contributed by atoms with Crippen molar-refractivity contribution in [3.63, 3.8) is 0 Å². The van der Waals surface area contributed by atoms with E-state index in [0.717, 1.165) is 18.5 Å². The maximum Gasteiger partial charge on any atom is 0.317 e. The molecule has 0 unspecified atom stereocenters. The fraction of sp³-hybridized carbons (Fsp3) is 0.688. The maximum atomic E-state index is 12.3. The van der Waals surface area contributed by atoms with Gasteiger partial charge < -0.3 is 10.4 Å². The normalized spacial score (nSPS) is 20.6. The fourth-order valence-electron chi connectivity index (χ4n) is 2.92. The van der Waals surface area contributed by atoms with E-state index in [1.807, 2.05) is 31.7 Å².